The molecule has 1 amide bonds. The number of anilines is 2. The third-order valence-electron chi connectivity index (χ3n) is 5.47. The highest BCUT2D eigenvalue weighted by atomic mass is 16.2. The topological polar surface area (TPSA) is 67.2 Å². The van der Waals surface area contributed by atoms with Crippen LogP contribution in [0, 0.1) is 5.92 Å². The maximum atomic E-state index is 12.8. The van der Waals surface area contributed by atoms with Crippen LogP contribution >= 0.6 is 0 Å². The fourth-order valence-electron chi connectivity index (χ4n) is 3.95. The van der Waals surface area contributed by atoms with E-state index < -0.39 is 0 Å². The van der Waals surface area contributed by atoms with Crippen molar-refractivity contribution in [1.29, 1.82) is 0 Å². The monoisotopic (exact) mass is 347 g/mol. The van der Waals surface area contributed by atoms with E-state index >= 15 is 0 Å². The Kier molecular flexibility index (Phi) is 4.41. The Labute approximate surface area is 154 Å². The van der Waals surface area contributed by atoms with Gasteiger partial charge >= 0.3 is 0 Å². The van der Waals surface area contributed by atoms with Crippen LogP contribution in [0.1, 0.15) is 43.7 Å². The summed E-state index contributed by atoms with van der Waals surface area (Å²) >= 11 is 0. The number of fused-ring (bicyclic) bond motifs is 1. The quantitative estimate of drug-likeness (QED) is 0.574. The smallest absolute Gasteiger partial charge is 0.258 e. The van der Waals surface area contributed by atoms with Crippen molar-refractivity contribution in [3.8, 4) is 0 Å². The van der Waals surface area contributed by atoms with E-state index in [0.29, 0.717) is 17.3 Å². The van der Waals surface area contributed by atoms with Crippen molar-refractivity contribution in [2.24, 2.45) is 5.92 Å². The summed E-state index contributed by atoms with van der Waals surface area (Å²) in [7, 11) is 0. The van der Waals surface area contributed by atoms with Crippen molar-refractivity contribution in [1.82, 2.24) is 5.32 Å². The first-order chi connectivity index (χ1) is 12.6. The van der Waals surface area contributed by atoms with E-state index in [9.17, 15) is 4.79 Å². The first-order valence-corrected chi connectivity index (χ1v) is 9.39. The van der Waals surface area contributed by atoms with Crippen LogP contribution in [0.25, 0.3) is 11.3 Å². The van der Waals surface area contributed by atoms with Crippen LogP contribution in [0.4, 0.5) is 11.4 Å². The van der Waals surface area contributed by atoms with Crippen LogP contribution < -0.4 is 16.4 Å². The normalized spacial score (nSPS) is 24.0. The van der Waals surface area contributed by atoms with Gasteiger partial charge in [0.25, 0.3) is 5.91 Å². The minimum atomic E-state index is -0.0684. The molecule has 4 heteroatoms. The lowest BCUT2D eigenvalue weighted by Crippen LogP contribution is -2.32. The first kappa shape index (κ1) is 16.7. The standard InChI is InChI=1S/C22H25N3O/c1-14-7-10-17(11-8-14)24-21(15-5-3-2-4-6-15)20-18-13-16(23)9-12-19(18)25-22(20)26/h2-6,9,12-14,17,24H,7-8,10-11,23H2,1H3,(H,25,26). The molecule has 1 heterocycles. The van der Waals surface area contributed by atoms with E-state index in [1.807, 2.05) is 36.4 Å². The molecule has 1 saturated carbocycles. The van der Waals surface area contributed by atoms with Gasteiger partial charge in [0, 0.05) is 23.0 Å². The molecule has 2 aliphatic rings. The van der Waals surface area contributed by atoms with E-state index in [2.05, 4.69) is 29.7 Å². The van der Waals surface area contributed by atoms with Crippen molar-refractivity contribution in [2.75, 3.05) is 11.1 Å². The zero-order chi connectivity index (χ0) is 18.1. The van der Waals surface area contributed by atoms with Gasteiger partial charge in [-0.3, -0.25) is 4.79 Å². The number of nitrogens with one attached hydrogen (secondary N) is 2. The summed E-state index contributed by atoms with van der Waals surface area (Å²) in [6.07, 6.45) is 4.72. The van der Waals surface area contributed by atoms with Gasteiger partial charge in [-0.25, -0.2) is 0 Å². The molecule has 0 atom stereocenters. The lowest BCUT2D eigenvalue weighted by Gasteiger charge is -2.29. The number of hydrogen-bond donors (Lipinski definition) is 3. The van der Waals surface area contributed by atoms with Crippen LogP contribution in [0.15, 0.2) is 48.5 Å². The molecule has 26 heavy (non-hydrogen) atoms. The van der Waals surface area contributed by atoms with Crippen LogP contribution in [0.2, 0.25) is 0 Å². The molecule has 0 bridgehead atoms. The maximum absolute atomic E-state index is 12.8. The third kappa shape index (κ3) is 3.19. The van der Waals surface area contributed by atoms with Crippen molar-refractivity contribution >= 4 is 28.6 Å². The molecule has 1 aliphatic carbocycles. The minimum Gasteiger partial charge on any atom is -0.399 e. The molecular weight excluding hydrogens is 322 g/mol. The molecule has 134 valence electrons. The number of nitrogens with two attached hydrogens (primary N) is 1. The molecule has 0 aromatic heterocycles. The Bertz CT molecular complexity index is 849. The molecule has 4 N–H and O–H groups in total. The highest BCUT2D eigenvalue weighted by Crippen LogP contribution is 2.38. The largest absolute Gasteiger partial charge is 0.399 e. The van der Waals surface area contributed by atoms with Gasteiger partial charge in [-0.15, -0.1) is 0 Å². The predicted molar refractivity (Wildman–Crippen MR) is 107 cm³/mol. The number of carbonyl (C=O) groups is 1. The lowest BCUT2D eigenvalue weighted by atomic mass is 9.87. The summed E-state index contributed by atoms with van der Waals surface area (Å²) in [6, 6.07) is 16.1. The average molecular weight is 347 g/mol. The molecule has 0 saturated heterocycles. The van der Waals surface area contributed by atoms with Crippen molar-refractivity contribution < 1.29 is 4.79 Å². The number of carbonyl (C=O) groups excluding carboxylic acids is 1. The van der Waals surface area contributed by atoms with Gasteiger partial charge in [-0.05, 0) is 55.4 Å². The van der Waals surface area contributed by atoms with E-state index in [-0.39, 0.29) is 5.91 Å². The maximum Gasteiger partial charge on any atom is 0.258 e. The predicted octanol–water partition coefficient (Wildman–Crippen LogP) is 4.26. The molecular formula is C22H25N3O. The summed E-state index contributed by atoms with van der Waals surface area (Å²) in [5, 5.41) is 6.68. The molecule has 0 unspecified atom stereocenters. The van der Waals surface area contributed by atoms with Crippen LogP contribution in [0.5, 0.6) is 0 Å². The number of amides is 1. The Balaban J connectivity index is 1.79. The Morgan fingerprint density at radius 2 is 1.81 bits per heavy atom. The fourth-order valence-corrected chi connectivity index (χ4v) is 3.95. The summed E-state index contributed by atoms with van der Waals surface area (Å²) in [4.78, 5) is 12.8. The van der Waals surface area contributed by atoms with Gasteiger partial charge < -0.3 is 16.4 Å². The zero-order valence-corrected chi connectivity index (χ0v) is 15.1. The second-order valence-electron chi connectivity index (χ2n) is 7.48. The van der Waals surface area contributed by atoms with Crippen LogP contribution in [0.3, 0.4) is 0 Å². The third-order valence-corrected chi connectivity index (χ3v) is 5.47. The molecule has 1 fully saturated rings. The highest BCUT2D eigenvalue weighted by molar-refractivity contribution is 6.36. The molecule has 2 aromatic rings. The summed E-state index contributed by atoms with van der Waals surface area (Å²) in [6.45, 7) is 2.32. The summed E-state index contributed by atoms with van der Waals surface area (Å²) < 4.78 is 0. The number of rotatable bonds is 3. The molecule has 1 aliphatic heterocycles. The van der Waals surface area contributed by atoms with Crippen molar-refractivity contribution in [3.05, 3.63) is 59.7 Å². The second kappa shape index (κ2) is 6.87. The van der Waals surface area contributed by atoms with Gasteiger partial charge in [0.2, 0.25) is 0 Å². The number of nitrogen functional groups attached to an aromatic ring is 1. The minimum absolute atomic E-state index is 0.0684. The molecule has 0 spiro atoms. The molecule has 2 aromatic carbocycles. The fraction of sp³-hybridized carbons (Fsp3) is 0.318. The van der Waals surface area contributed by atoms with E-state index in [4.69, 9.17) is 5.73 Å². The zero-order valence-electron chi connectivity index (χ0n) is 15.1. The van der Waals surface area contributed by atoms with Gasteiger partial charge in [-0.2, -0.15) is 0 Å². The number of benzene rings is 2. The molecule has 4 nitrogen and oxygen atoms in total. The number of hydrogen-bond acceptors (Lipinski definition) is 3. The van der Waals surface area contributed by atoms with Gasteiger partial charge in [0.1, 0.15) is 0 Å². The van der Waals surface area contributed by atoms with Gasteiger partial charge in [0.15, 0.2) is 0 Å². The SMILES string of the molecule is CC1CCC(NC(=C2C(=O)Nc3ccc(N)cc32)c2ccccc2)CC1. The Hall–Kier alpha value is -2.75. The van der Waals surface area contributed by atoms with Crippen molar-refractivity contribution in [2.45, 2.75) is 38.6 Å². The van der Waals surface area contributed by atoms with Crippen LogP contribution in [-0.4, -0.2) is 11.9 Å². The molecule has 4 rings (SSSR count). The summed E-state index contributed by atoms with van der Waals surface area (Å²) in [5.74, 6) is 0.720. The molecule has 0 radical (unpaired) electrons. The summed E-state index contributed by atoms with van der Waals surface area (Å²) in [5.41, 5.74) is 11.0. The lowest BCUT2D eigenvalue weighted by molar-refractivity contribution is -0.110. The highest BCUT2D eigenvalue weighted by Gasteiger charge is 2.30. The van der Waals surface area contributed by atoms with Crippen molar-refractivity contribution in [3.63, 3.8) is 0 Å². The van der Waals surface area contributed by atoms with Gasteiger partial charge in [-0.1, -0.05) is 37.3 Å². The van der Waals surface area contributed by atoms with E-state index in [1.54, 1.807) is 0 Å². The Morgan fingerprint density at radius 3 is 2.54 bits per heavy atom. The first-order valence-electron chi connectivity index (χ1n) is 9.39. The van der Waals surface area contributed by atoms with E-state index in [1.165, 1.54) is 12.8 Å². The van der Waals surface area contributed by atoms with Gasteiger partial charge in [0.05, 0.1) is 11.3 Å². The van der Waals surface area contributed by atoms with E-state index in [0.717, 1.165) is 41.3 Å². The van der Waals surface area contributed by atoms with Crippen LogP contribution in [-0.2, 0) is 4.79 Å². The average Bonchev–Trinajstić information content (AvgIpc) is 2.97. The Morgan fingerprint density at radius 1 is 1.08 bits per heavy atom. The second-order valence-corrected chi connectivity index (χ2v) is 7.48.